The molecule has 0 saturated carbocycles. The molecule has 0 fully saturated rings. The number of para-hydroxylation sites is 1. The molecule has 0 atom stereocenters. The van der Waals surface area contributed by atoms with Gasteiger partial charge in [0.2, 0.25) is 0 Å². The lowest BCUT2D eigenvalue weighted by molar-refractivity contribution is 1.37. The molecule has 0 amide bonds. The Balaban J connectivity index is 2.47. The highest BCUT2D eigenvalue weighted by molar-refractivity contribution is 6.16. The molecule has 2 rings (SSSR count). The van der Waals surface area contributed by atoms with E-state index in [4.69, 9.17) is 11.1 Å². The molecule has 2 nitrogen and oxygen atoms in total. The SMILES string of the molecule is C/C(C(=N)c1ccccc1N)=C(\C)c1ccccc1C. The number of rotatable bonds is 3. The zero-order valence-electron chi connectivity index (χ0n) is 12.2. The molecule has 3 N–H and O–H groups in total. The predicted octanol–water partition coefficient (Wildman–Crippen LogP) is 4.44. The maximum atomic E-state index is 8.39. The molecular formula is C18H20N2. The number of anilines is 1. The van der Waals surface area contributed by atoms with Crippen LogP contribution in [0.1, 0.15) is 30.5 Å². The Hall–Kier alpha value is -2.35. The molecule has 2 aromatic carbocycles. The van der Waals surface area contributed by atoms with E-state index in [-0.39, 0.29) is 0 Å². The van der Waals surface area contributed by atoms with Gasteiger partial charge in [0.15, 0.2) is 0 Å². The van der Waals surface area contributed by atoms with Crippen molar-refractivity contribution in [1.29, 1.82) is 5.41 Å². The van der Waals surface area contributed by atoms with Crippen molar-refractivity contribution < 1.29 is 0 Å². The highest BCUT2D eigenvalue weighted by Gasteiger charge is 2.11. The molecule has 0 spiro atoms. The monoisotopic (exact) mass is 264 g/mol. The van der Waals surface area contributed by atoms with Crippen LogP contribution in [0.4, 0.5) is 5.69 Å². The van der Waals surface area contributed by atoms with Gasteiger partial charge in [-0.3, -0.25) is 5.41 Å². The van der Waals surface area contributed by atoms with E-state index in [9.17, 15) is 0 Å². The lowest BCUT2D eigenvalue weighted by Crippen LogP contribution is -2.06. The Kier molecular flexibility index (Phi) is 4.04. The molecule has 20 heavy (non-hydrogen) atoms. The Bertz CT molecular complexity index is 681. The summed E-state index contributed by atoms with van der Waals surface area (Å²) in [5.74, 6) is 0. The minimum Gasteiger partial charge on any atom is -0.398 e. The lowest BCUT2D eigenvalue weighted by Gasteiger charge is -2.13. The molecule has 0 radical (unpaired) electrons. The Morgan fingerprint density at radius 2 is 1.45 bits per heavy atom. The van der Waals surface area contributed by atoms with Crippen LogP contribution < -0.4 is 5.73 Å². The van der Waals surface area contributed by atoms with Gasteiger partial charge in [-0.1, -0.05) is 42.5 Å². The molecule has 0 aliphatic rings. The summed E-state index contributed by atoms with van der Waals surface area (Å²) in [5, 5.41) is 8.39. The van der Waals surface area contributed by atoms with E-state index in [2.05, 4.69) is 26.0 Å². The van der Waals surface area contributed by atoms with Crippen molar-refractivity contribution in [1.82, 2.24) is 0 Å². The summed E-state index contributed by atoms with van der Waals surface area (Å²) in [6.45, 7) is 6.13. The van der Waals surface area contributed by atoms with E-state index in [1.165, 1.54) is 11.1 Å². The first-order valence-corrected chi connectivity index (χ1v) is 6.69. The largest absolute Gasteiger partial charge is 0.398 e. The molecule has 2 heteroatoms. The van der Waals surface area contributed by atoms with Crippen LogP contribution in [0.25, 0.3) is 5.57 Å². The van der Waals surface area contributed by atoms with Gasteiger partial charge in [0, 0.05) is 11.3 Å². The minimum atomic E-state index is 0.490. The van der Waals surface area contributed by atoms with Crippen LogP contribution in [-0.2, 0) is 0 Å². The topological polar surface area (TPSA) is 49.9 Å². The highest BCUT2D eigenvalue weighted by atomic mass is 14.6. The molecule has 0 aliphatic carbocycles. The number of benzene rings is 2. The van der Waals surface area contributed by atoms with Gasteiger partial charge in [-0.2, -0.15) is 0 Å². The van der Waals surface area contributed by atoms with E-state index in [0.29, 0.717) is 11.4 Å². The Morgan fingerprint density at radius 3 is 2.05 bits per heavy atom. The summed E-state index contributed by atoms with van der Waals surface area (Å²) < 4.78 is 0. The van der Waals surface area contributed by atoms with E-state index in [1.807, 2.05) is 43.3 Å². The highest BCUT2D eigenvalue weighted by Crippen LogP contribution is 2.25. The summed E-state index contributed by atoms with van der Waals surface area (Å²) >= 11 is 0. The number of allylic oxidation sites excluding steroid dienone is 2. The average Bonchev–Trinajstić information content (AvgIpc) is 2.46. The molecule has 2 aromatic rings. The third kappa shape index (κ3) is 2.64. The molecule has 0 unspecified atom stereocenters. The van der Waals surface area contributed by atoms with Crippen molar-refractivity contribution in [2.24, 2.45) is 0 Å². The maximum absolute atomic E-state index is 8.39. The lowest BCUT2D eigenvalue weighted by atomic mass is 9.93. The zero-order valence-corrected chi connectivity index (χ0v) is 12.2. The van der Waals surface area contributed by atoms with Crippen molar-refractivity contribution in [2.45, 2.75) is 20.8 Å². The number of hydrogen-bond donors (Lipinski definition) is 2. The molecule has 0 bridgehead atoms. The van der Waals surface area contributed by atoms with Crippen molar-refractivity contribution in [3.8, 4) is 0 Å². The van der Waals surface area contributed by atoms with Crippen LogP contribution >= 0.6 is 0 Å². The van der Waals surface area contributed by atoms with E-state index in [0.717, 1.165) is 16.7 Å². The van der Waals surface area contributed by atoms with Gasteiger partial charge >= 0.3 is 0 Å². The van der Waals surface area contributed by atoms with Crippen molar-refractivity contribution in [3.63, 3.8) is 0 Å². The van der Waals surface area contributed by atoms with Crippen LogP contribution in [-0.4, -0.2) is 5.71 Å². The maximum Gasteiger partial charge on any atom is 0.0664 e. The number of nitrogen functional groups attached to an aromatic ring is 1. The fourth-order valence-corrected chi connectivity index (χ4v) is 2.31. The number of nitrogens with one attached hydrogen (secondary N) is 1. The molecular weight excluding hydrogens is 244 g/mol. The van der Waals surface area contributed by atoms with Gasteiger partial charge in [-0.05, 0) is 49.1 Å². The number of aryl methyl sites for hydroxylation is 1. The summed E-state index contributed by atoms with van der Waals surface area (Å²) in [6.07, 6.45) is 0. The van der Waals surface area contributed by atoms with Gasteiger partial charge in [0.1, 0.15) is 0 Å². The molecule has 0 aliphatic heterocycles. The van der Waals surface area contributed by atoms with Crippen LogP contribution in [0.3, 0.4) is 0 Å². The van der Waals surface area contributed by atoms with Crippen molar-refractivity contribution >= 4 is 17.0 Å². The molecule has 0 heterocycles. The summed E-state index contributed by atoms with van der Waals surface area (Å²) in [4.78, 5) is 0. The molecule has 0 aromatic heterocycles. The fourth-order valence-electron chi connectivity index (χ4n) is 2.31. The third-order valence-corrected chi connectivity index (χ3v) is 3.72. The summed E-state index contributed by atoms with van der Waals surface area (Å²) in [6, 6.07) is 15.8. The van der Waals surface area contributed by atoms with E-state index in [1.54, 1.807) is 0 Å². The first kappa shape index (κ1) is 14.1. The standard InChI is InChI=1S/C18H20N2/c1-12-8-4-5-9-15(12)13(2)14(3)18(20)16-10-6-7-11-17(16)19/h4-11,20H,19H2,1-3H3/b14-13-,20-18?. The number of hydrogen-bond acceptors (Lipinski definition) is 2. The smallest absolute Gasteiger partial charge is 0.0664 e. The van der Waals surface area contributed by atoms with Gasteiger partial charge in [-0.15, -0.1) is 0 Å². The van der Waals surface area contributed by atoms with Gasteiger partial charge in [0.25, 0.3) is 0 Å². The molecule has 102 valence electrons. The summed E-state index contributed by atoms with van der Waals surface area (Å²) in [5.41, 5.74) is 12.4. The minimum absolute atomic E-state index is 0.490. The van der Waals surface area contributed by atoms with Crippen LogP contribution in [0.2, 0.25) is 0 Å². The predicted molar refractivity (Wildman–Crippen MR) is 87.1 cm³/mol. The quantitative estimate of drug-likeness (QED) is 0.625. The fraction of sp³-hybridized carbons (Fsp3) is 0.167. The van der Waals surface area contributed by atoms with Crippen molar-refractivity contribution in [2.75, 3.05) is 5.73 Å². The van der Waals surface area contributed by atoms with Crippen LogP contribution in [0, 0.1) is 12.3 Å². The third-order valence-electron chi connectivity index (χ3n) is 3.72. The summed E-state index contributed by atoms with van der Waals surface area (Å²) in [7, 11) is 0. The van der Waals surface area contributed by atoms with Gasteiger partial charge < -0.3 is 5.73 Å². The Morgan fingerprint density at radius 1 is 0.900 bits per heavy atom. The van der Waals surface area contributed by atoms with Gasteiger partial charge in [0.05, 0.1) is 5.71 Å². The second-order valence-corrected chi connectivity index (χ2v) is 5.03. The first-order valence-electron chi connectivity index (χ1n) is 6.69. The van der Waals surface area contributed by atoms with E-state index >= 15 is 0 Å². The average molecular weight is 264 g/mol. The number of nitrogens with two attached hydrogens (primary N) is 1. The first-order chi connectivity index (χ1) is 9.52. The van der Waals surface area contributed by atoms with E-state index < -0.39 is 0 Å². The second-order valence-electron chi connectivity index (χ2n) is 5.03. The van der Waals surface area contributed by atoms with Crippen LogP contribution in [0.5, 0.6) is 0 Å². The second kappa shape index (κ2) is 5.74. The molecule has 0 saturated heterocycles. The Labute approximate surface area is 120 Å². The van der Waals surface area contributed by atoms with Crippen molar-refractivity contribution in [3.05, 3.63) is 70.8 Å². The van der Waals surface area contributed by atoms with Crippen LogP contribution in [0.15, 0.2) is 54.1 Å². The normalized spacial score (nSPS) is 11.9. The van der Waals surface area contributed by atoms with Gasteiger partial charge in [-0.25, -0.2) is 0 Å². The zero-order chi connectivity index (χ0) is 14.7.